The lowest BCUT2D eigenvalue weighted by molar-refractivity contribution is -0.137. The van der Waals surface area contributed by atoms with Crippen LogP contribution in [-0.4, -0.2) is 38.3 Å². The molecule has 1 N–H and O–H groups in total. The van der Waals surface area contributed by atoms with Crippen LogP contribution in [0.2, 0.25) is 0 Å². The Kier molecular flexibility index (Phi) is 8.87. The molecule has 8 heteroatoms. The molecule has 1 atom stereocenters. The van der Waals surface area contributed by atoms with Crippen molar-refractivity contribution in [2.24, 2.45) is 5.92 Å². The van der Waals surface area contributed by atoms with Crippen LogP contribution in [-0.2, 0) is 22.6 Å². The van der Waals surface area contributed by atoms with Gasteiger partial charge in [0.1, 0.15) is 17.6 Å². The second-order valence-corrected chi connectivity index (χ2v) is 9.67. The molecular formula is C27H31N3O4S. The summed E-state index contributed by atoms with van der Waals surface area (Å²) in [6.45, 7) is 7.87. The van der Waals surface area contributed by atoms with E-state index in [1.54, 1.807) is 4.90 Å². The standard InChI is InChI=1S/C27H31N3O4S/c1-5-23-28-22(19-10-8-7-9-11-19)16-24(31)30(23)17-25(32)29(6-2)20-12-14-21(15-13-20)35-26(18(3)4)27(33)34/h7-16,18,26H,5-6,17H2,1-4H3,(H,33,34). The number of benzene rings is 2. The number of anilines is 1. The maximum atomic E-state index is 13.2. The summed E-state index contributed by atoms with van der Waals surface area (Å²) in [5.41, 5.74) is 1.88. The predicted molar refractivity (Wildman–Crippen MR) is 140 cm³/mol. The van der Waals surface area contributed by atoms with Gasteiger partial charge in [-0.2, -0.15) is 0 Å². The summed E-state index contributed by atoms with van der Waals surface area (Å²) in [4.78, 5) is 44.7. The Morgan fingerprint density at radius 1 is 1.06 bits per heavy atom. The van der Waals surface area contributed by atoms with E-state index in [-0.39, 0.29) is 23.9 Å². The van der Waals surface area contributed by atoms with Crippen molar-refractivity contribution in [1.82, 2.24) is 9.55 Å². The normalized spacial score (nSPS) is 11.9. The molecule has 3 rings (SSSR count). The number of carboxylic acids is 1. The van der Waals surface area contributed by atoms with Crippen molar-refractivity contribution in [2.45, 2.75) is 50.8 Å². The summed E-state index contributed by atoms with van der Waals surface area (Å²) >= 11 is 1.29. The number of likely N-dealkylation sites (N-methyl/N-ethyl adjacent to an activating group) is 1. The number of aromatic nitrogens is 2. The molecule has 3 aromatic rings. The fourth-order valence-electron chi connectivity index (χ4n) is 3.80. The maximum Gasteiger partial charge on any atom is 0.317 e. The number of carbonyl (C=O) groups excluding carboxylic acids is 1. The lowest BCUT2D eigenvalue weighted by Gasteiger charge is -2.23. The average molecular weight is 494 g/mol. The molecule has 7 nitrogen and oxygen atoms in total. The predicted octanol–water partition coefficient (Wildman–Crippen LogP) is 4.73. The van der Waals surface area contributed by atoms with E-state index < -0.39 is 11.2 Å². The van der Waals surface area contributed by atoms with Crippen molar-refractivity contribution >= 4 is 29.3 Å². The molecule has 1 amide bonds. The molecule has 2 aromatic carbocycles. The number of aliphatic carboxylic acids is 1. The molecule has 0 bridgehead atoms. The summed E-state index contributed by atoms with van der Waals surface area (Å²) in [6, 6.07) is 18.2. The van der Waals surface area contributed by atoms with Crippen molar-refractivity contribution in [3.8, 4) is 11.3 Å². The van der Waals surface area contributed by atoms with E-state index in [0.717, 1.165) is 10.5 Å². The third-order valence-corrected chi connectivity index (χ3v) is 7.19. The van der Waals surface area contributed by atoms with Crippen LogP contribution in [0.1, 0.15) is 33.5 Å². The number of rotatable bonds is 10. The summed E-state index contributed by atoms with van der Waals surface area (Å²) in [5.74, 6) is -0.521. The van der Waals surface area contributed by atoms with Gasteiger partial charge in [-0.15, -0.1) is 11.8 Å². The van der Waals surface area contributed by atoms with E-state index in [1.165, 1.54) is 22.4 Å². The molecule has 35 heavy (non-hydrogen) atoms. The highest BCUT2D eigenvalue weighted by Crippen LogP contribution is 2.30. The molecule has 0 spiro atoms. The SMILES string of the molecule is CCc1nc(-c2ccccc2)cc(=O)n1CC(=O)N(CC)c1ccc(SC(C(=O)O)C(C)C)cc1. The van der Waals surface area contributed by atoms with Gasteiger partial charge in [0.25, 0.3) is 5.56 Å². The van der Waals surface area contributed by atoms with Gasteiger partial charge in [0.2, 0.25) is 5.91 Å². The minimum absolute atomic E-state index is 0.0149. The van der Waals surface area contributed by atoms with Crippen molar-refractivity contribution in [3.05, 3.63) is 76.8 Å². The fraction of sp³-hybridized carbons (Fsp3) is 0.333. The Morgan fingerprint density at radius 2 is 1.71 bits per heavy atom. The van der Waals surface area contributed by atoms with Gasteiger partial charge in [0.05, 0.1) is 5.69 Å². The first-order valence-electron chi connectivity index (χ1n) is 11.7. The van der Waals surface area contributed by atoms with E-state index in [2.05, 4.69) is 4.98 Å². The number of nitrogens with zero attached hydrogens (tertiary/aromatic N) is 3. The highest BCUT2D eigenvalue weighted by Gasteiger charge is 2.23. The van der Waals surface area contributed by atoms with E-state index in [9.17, 15) is 19.5 Å². The van der Waals surface area contributed by atoms with E-state index in [0.29, 0.717) is 30.2 Å². The van der Waals surface area contributed by atoms with E-state index >= 15 is 0 Å². The highest BCUT2D eigenvalue weighted by molar-refractivity contribution is 8.00. The lowest BCUT2D eigenvalue weighted by atomic mass is 10.1. The number of thioether (sulfide) groups is 1. The van der Waals surface area contributed by atoms with Crippen LogP contribution >= 0.6 is 11.8 Å². The van der Waals surface area contributed by atoms with Gasteiger partial charge in [-0.05, 0) is 37.1 Å². The fourth-order valence-corrected chi connectivity index (χ4v) is 4.76. The van der Waals surface area contributed by atoms with Crippen LogP contribution in [0.5, 0.6) is 0 Å². The van der Waals surface area contributed by atoms with Gasteiger partial charge in [0.15, 0.2) is 0 Å². The number of hydrogen-bond acceptors (Lipinski definition) is 5. The third kappa shape index (κ3) is 6.39. The maximum absolute atomic E-state index is 13.2. The zero-order valence-electron chi connectivity index (χ0n) is 20.5. The Bertz CT molecular complexity index is 1220. The molecule has 0 radical (unpaired) electrons. The minimum atomic E-state index is -0.844. The molecule has 1 heterocycles. The van der Waals surface area contributed by atoms with Crippen molar-refractivity contribution in [2.75, 3.05) is 11.4 Å². The first kappa shape index (κ1) is 26.2. The Labute approximate surface area is 209 Å². The molecule has 0 saturated carbocycles. The van der Waals surface area contributed by atoms with Crippen LogP contribution in [0.3, 0.4) is 0 Å². The first-order chi connectivity index (χ1) is 16.7. The second kappa shape index (κ2) is 11.8. The largest absolute Gasteiger partial charge is 0.480 e. The molecule has 0 aliphatic heterocycles. The quantitative estimate of drug-likeness (QED) is 0.411. The summed E-state index contributed by atoms with van der Waals surface area (Å²) in [6.07, 6.45) is 0.516. The molecule has 1 unspecified atom stereocenters. The van der Waals surface area contributed by atoms with Crippen molar-refractivity contribution in [3.63, 3.8) is 0 Å². The molecular weight excluding hydrogens is 462 g/mol. The first-order valence-corrected chi connectivity index (χ1v) is 12.6. The van der Waals surface area contributed by atoms with Crippen LogP contribution in [0.4, 0.5) is 5.69 Å². The van der Waals surface area contributed by atoms with Crippen LogP contribution in [0.25, 0.3) is 11.3 Å². The number of carboxylic acid groups (broad SMARTS) is 1. The summed E-state index contributed by atoms with van der Waals surface area (Å²) in [7, 11) is 0. The topological polar surface area (TPSA) is 92.5 Å². The third-order valence-electron chi connectivity index (χ3n) is 5.64. The van der Waals surface area contributed by atoms with Crippen molar-refractivity contribution in [1.29, 1.82) is 0 Å². The number of amides is 1. The number of aryl methyl sites for hydroxylation is 1. The van der Waals surface area contributed by atoms with Gasteiger partial charge in [-0.1, -0.05) is 51.1 Å². The van der Waals surface area contributed by atoms with Crippen LogP contribution < -0.4 is 10.5 Å². The minimum Gasteiger partial charge on any atom is -0.480 e. The van der Waals surface area contributed by atoms with Crippen LogP contribution in [0.15, 0.2) is 70.4 Å². The van der Waals surface area contributed by atoms with Gasteiger partial charge in [-0.3, -0.25) is 19.0 Å². The van der Waals surface area contributed by atoms with E-state index in [1.807, 2.05) is 82.3 Å². The number of carbonyl (C=O) groups is 2. The average Bonchev–Trinajstić information content (AvgIpc) is 2.85. The zero-order chi connectivity index (χ0) is 25.5. The van der Waals surface area contributed by atoms with Crippen LogP contribution in [0, 0.1) is 5.92 Å². The molecule has 0 aliphatic carbocycles. The highest BCUT2D eigenvalue weighted by atomic mass is 32.2. The van der Waals surface area contributed by atoms with Gasteiger partial charge in [0, 0.05) is 35.2 Å². The van der Waals surface area contributed by atoms with Gasteiger partial charge >= 0.3 is 5.97 Å². The molecule has 0 fully saturated rings. The molecule has 1 aromatic heterocycles. The summed E-state index contributed by atoms with van der Waals surface area (Å²) in [5, 5.41) is 8.89. The monoisotopic (exact) mass is 493 g/mol. The van der Waals surface area contributed by atoms with Gasteiger partial charge < -0.3 is 10.0 Å². The van der Waals surface area contributed by atoms with Crippen molar-refractivity contribution < 1.29 is 14.7 Å². The number of hydrogen-bond donors (Lipinski definition) is 1. The molecule has 0 aliphatic rings. The van der Waals surface area contributed by atoms with Gasteiger partial charge in [-0.25, -0.2) is 4.98 Å². The Morgan fingerprint density at radius 3 is 2.26 bits per heavy atom. The molecule has 184 valence electrons. The van der Waals surface area contributed by atoms with E-state index in [4.69, 9.17) is 0 Å². The summed E-state index contributed by atoms with van der Waals surface area (Å²) < 4.78 is 1.43. The molecule has 0 saturated heterocycles. The lowest BCUT2D eigenvalue weighted by Crippen LogP contribution is -2.37. The Balaban J connectivity index is 1.81. The zero-order valence-corrected chi connectivity index (χ0v) is 21.3. The second-order valence-electron chi connectivity index (χ2n) is 8.45. The Hall–Kier alpha value is -3.39. The smallest absolute Gasteiger partial charge is 0.317 e.